The number of aromatic amines is 1. The number of nitrogens with one attached hydrogen (secondary N) is 1. The predicted octanol–water partition coefficient (Wildman–Crippen LogP) is 4.20. The van der Waals surface area contributed by atoms with E-state index in [0.717, 1.165) is 46.3 Å². The van der Waals surface area contributed by atoms with Gasteiger partial charge in [0.25, 0.3) is 5.56 Å². The molecule has 2 aliphatic carbocycles. The van der Waals surface area contributed by atoms with Gasteiger partial charge in [-0.2, -0.15) is 0 Å². The topological polar surface area (TPSA) is 76.5 Å². The van der Waals surface area contributed by atoms with Crippen molar-refractivity contribution in [2.45, 2.75) is 69.3 Å². The molecular weight excluding hydrogens is 378 g/mol. The maximum Gasteiger partial charge on any atom is 0.259 e. The molecule has 0 aliphatic heterocycles. The Bertz CT molecular complexity index is 1080. The third kappa shape index (κ3) is 3.02. The molecule has 0 spiro atoms. The first-order valence-electron chi connectivity index (χ1n) is 9.64. The molecule has 8 heteroatoms. The number of rotatable bonds is 4. The Kier molecular flexibility index (Phi) is 4.16. The van der Waals surface area contributed by atoms with E-state index in [4.69, 9.17) is 4.98 Å². The van der Waals surface area contributed by atoms with Crippen molar-refractivity contribution in [3.63, 3.8) is 0 Å². The third-order valence-corrected chi connectivity index (χ3v) is 7.81. The van der Waals surface area contributed by atoms with Gasteiger partial charge in [-0.05, 0) is 57.4 Å². The third-order valence-electron chi connectivity index (χ3n) is 5.60. The van der Waals surface area contributed by atoms with E-state index in [2.05, 4.69) is 33.6 Å². The lowest BCUT2D eigenvalue weighted by Crippen LogP contribution is -2.15. The summed E-state index contributed by atoms with van der Waals surface area (Å²) in [4.78, 5) is 23.0. The lowest BCUT2D eigenvalue weighted by molar-refractivity contribution is 0.509. The Morgan fingerprint density at radius 2 is 2.11 bits per heavy atom. The van der Waals surface area contributed by atoms with Crippen LogP contribution < -0.4 is 5.56 Å². The molecule has 3 aromatic rings. The fourth-order valence-electron chi connectivity index (χ4n) is 3.96. The summed E-state index contributed by atoms with van der Waals surface area (Å²) in [5.41, 5.74) is 1.24. The Hall–Kier alpha value is -1.67. The SMILES string of the molecule is Cc1nnc(S[C@@H](C)c2nc3sc4c(c3c(=O)[nH]2)CC[C@H](C)C4)n1C1CC1. The number of aryl methyl sites for hydroxylation is 2. The molecule has 5 rings (SSSR count). The molecule has 0 unspecified atom stereocenters. The van der Waals surface area contributed by atoms with E-state index in [1.54, 1.807) is 23.1 Å². The monoisotopic (exact) mass is 401 g/mol. The molecule has 0 amide bonds. The van der Waals surface area contributed by atoms with Gasteiger partial charge in [0.2, 0.25) is 0 Å². The number of H-pyrrole nitrogens is 1. The van der Waals surface area contributed by atoms with Crippen LogP contribution in [0.5, 0.6) is 0 Å². The van der Waals surface area contributed by atoms with Crippen LogP contribution in [0.1, 0.15) is 66.5 Å². The molecule has 142 valence electrons. The highest BCUT2D eigenvalue weighted by Crippen LogP contribution is 2.42. The van der Waals surface area contributed by atoms with E-state index in [0.29, 0.717) is 12.0 Å². The number of aromatic nitrogens is 5. The Balaban J connectivity index is 1.49. The number of hydrogen-bond acceptors (Lipinski definition) is 6. The van der Waals surface area contributed by atoms with E-state index in [9.17, 15) is 4.79 Å². The summed E-state index contributed by atoms with van der Waals surface area (Å²) in [6.45, 7) is 6.36. The van der Waals surface area contributed by atoms with E-state index < -0.39 is 0 Å². The fourth-order valence-corrected chi connectivity index (χ4v) is 6.37. The van der Waals surface area contributed by atoms with Gasteiger partial charge in [0.1, 0.15) is 16.5 Å². The minimum atomic E-state index is 0.00865. The van der Waals surface area contributed by atoms with Crippen LogP contribution in [0, 0.1) is 12.8 Å². The Morgan fingerprint density at radius 1 is 1.30 bits per heavy atom. The summed E-state index contributed by atoms with van der Waals surface area (Å²) >= 11 is 3.33. The smallest absolute Gasteiger partial charge is 0.259 e. The Labute approximate surface area is 165 Å². The van der Waals surface area contributed by atoms with Crippen LogP contribution in [-0.4, -0.2) is 24.7 Å². The van der Waals surface area contributed by atoms with Crippen molar-refractivity contribution in [1.29, 1.82) is 0 Å². The maximum atomic E-state index is 12.8. The summed E-state index contributed by atoms with van der Waals surface area (Å²) in [6, 6.07) is 0.537. The van der Waals surface area contributed by atoms with E-state index in [1.165, 1.54) is 23.3 Å². The fraction of sp³-hybridized carbons (Fsp3) is 0.579. The minimum Gasteiger partial charge on any atom is -0.309 e. The predicted molar refractivity (Wildman–Crippen MR) is 109 cm³/mol. The molecule has 1 N–H and O–H groups in total. The summed E-state index contributed by atoms with van der Waals surface area (Å²) in [6.07, 6.45) is 5.61. The zero-order chi connectivity index (χ0) is 18.7. The standard InChI is InChI=1S/C19H23N5OS2/c1-9-4-7-13-14(8-9)27-18-15(13)17(25)20-16(21-18)10(2)26-19-23-22-11(3)24(19)12-5-6-12/h9-10,12H,4-8H2,1-3H3,(H,20,21,25)/t9-,10-/m0/s1. The van der Waals surface area contributed by atoms with Gasteiger partial charge in [-0.15, -0.1) is 21.5 Å². The second kappa shape index (κ2) is 6.44. The van der Waals surface area contributed by atoms with Crippen LogP contribution in [0.3, 0.4) is 0 Å². The molecule has 3 aromatic heterocycles. The van der Waals surface area contributed by atoms with Crippen LogP contribution >= 0.6 is 23.1 Å². The van der Waals surface area contributed by atoms with Crippen LogP contribution in [-0.2, 0) is 12.8 Å². The van der Waals surface area contributed by atoms with E-state index in [1.807, 2.05) is 6.92 Å². The van der Waals surface area contributed by atoms with Crippen LogP contribution in [0.4, 0.5) is 0 Å². The zero-order valence-electron chi connectivity index (χ0n) is 15.8. The van der Waals surface area contributed by atoms with Gasteiger partial charge in [-0.1, -0.05) is 18.7 Å². The molecular formula is C19H23N5OS2. The second-order valence-corrected chi connectivity index (χ2v) is 10.3. The van der Waals surface area contributed by atoms with Crippen LogP contribution in [0.25, 0.3) is 10.2 Å². The first-order valence-corrected chi connectivity index (χ1v) is 11.3. The largest absolute Gasteiger partial charge is 0.309 e. The quantitative estimate of drug-likeness (QED) is 0.663. The Morgan fingerprint density at radius 3 is 2.89 bits per heavy atom. The summed E-state index contributed by atoms with van der Waals surface area (Å²) < 4.78 is 2.23. The molecule has 0 radical (unpaired) electrons. The first kappa shape index (κ1) is 17.4. The summed E-state index contributed by atoms with van der Waals surface area (Å²) in [5.74, 6) is 2.38. The van der Waals surface area contributed by atoms with Crippen molar-refractivity contribution in [1.82, 2.24) is 24.7 Å². The molecule has 6 nitrogen and oxygen atoms in total. The van der Waals surface area contributed by atoms with E-state index in [-0.39, 0.29) is 10.8 Å². The molecule has 0 aromatic carbocycles. The van der Waals surface area contributed by atoms with Crippen LogP contribution in [0.2, 0.25) is 0 Å². The van der Waals surface area contributed by atoms with Crippen molar-refractivity contribution in [3.8, 4) is 0 Å². The molecule has 2 atom stereocenters. The van der Waals surface area contributed by atoms with Crippen molar-refractivity contribution in [3.05, 3.63) is 32.4 Å². The zero-order valence-corrected chi connectivity index (χ0v) is 17.4. The van der Waals surface area contributed by atoms with Gasteiger partial charge in [0, 0.05) is 10.9 Å². The number of thioether (sulfide) groups is 1. The highest BCUT2D eigenvalue weighted by atomic mass is 32.2. The van der Waals surface area contributed by atoms with Gasteiger partial charge in [-0.3, -0.25) is 4.79 Å². The molecule has 0 bridgehead atoms. The highest BCUT2D eigenvalue weighted by molar-refractivity contribution is 7.99. The number of thiophene rings is 1. The lowest BCUT2D eigenvalue weighted by atomic mass is 9.89. The molecule has 1 fully saturated rings. The normalized spacial score (nSPS) is 20.8. The van der Waals surface area contributed by atoms with Gasteiger partial charge >= 0.3 is 0 Å². The van der Waals surface area contributed by atoms with E-state index >= 15 is 0 Å². The van der Waals surface area contributed by atoms with Crippen molar-refractivity contribution >= 4 is 33.3 Å². The average molecular weight is 402 g/mol. The van der Waals surface area contributed by atoms with Crippen molar-refractivity contribution in [2.75, 3.05) is 0 Å². The maximum absolute atomic E-state index is 12.8. The first-order chi connectivity index (χ1) is 13.0. The minimum absolute atomic E-state index is 0.00865. The molecule has 0 saturated heterocycles. The summed E-state index contributed by atoms with van der Waals surface area (Å²) in [5, 5.41) is 10.3. The molecule has 3 heterocycles. The van der Waals surface area contributed by atoms with Gasteiger partial charge in [0.15, 0.2) is 5.16 Å². The average Bonchev–Trinajstić information content (AvgIpc) is 3.29. The van der Waals surface area contributed by atoms with Crippen molar-refractivity contribution < 1.29 is 0 Å². The number of nitrogens with zero attached hydrogens (tertiary/aromatic N) is 4. The molecule has 27 heavy (non-hydrogen) atoms. The number of hydrogen-bond donors (Lipinski definition) is 1. The lowest BCUT2D eigenvalue weighted by Gasteiger charge is -2.17. The summed E-state index contributed by atoms with van der Waals surface area (Å²) in [7, 11) is 0. The van der Waals surface area contributed by atoms with Gasteiger partial charge in [0.05, 0.1) is 10.6 Å². The van der Waals surface area contributed by atoms with Crippen molar-refractivity contribution in [2.24, 2.45) is 5.92 Å². The second-order valence-electron chi connectivity index (χ2n) is 7.87. The molecule has 2 aliphatic rings. The number of fused-ring (bicyclic) bond motifs is 3. The molecule has 1 saturated carbocycles. The highest BCUT2D eigenvalue weighted by Gasteiger charge is 2.30. The van der Waals surface area contributed by atoms with Crippen LogP contribution in [0.15, 0.2) is 9.95 Å². The van der Waals surface area contributed by atoms with Gasteiger partial charge < -0.3 is 9.55 Å². The van der Waals surface area contributed by atoms with Gasteiger partial charge in [-0.25, -0.2) is 4.98 Å².